The molecule has 2 aromatic rings. The molecular formula is C25H35FN4O. The first-order valence-electron chi connectivity index (χ1n) is 11.8. The van der Waals surface area contributed by atoms with Gasteiger partial charge < -0.3 is 10.2 Å². The molecule has 1 aliphatic carbocycles. The normalized spacial score (nSPS) is 20.5. The summed E-state index contributed by atoms with van der Waals surface area (Å²) in [6.45, 7) is 7.65. The highest BCUT2D eigenvalue weighted by molar-refractivity contribution is 5.91. The third-order valence-electron chi connectivity index (χ3n) is 7.02. The number of amides is 1. The van der Waals surface area contributed by atoms with E-state index in [0.717, 1.165) is 68.5 Å². The second kappa shape index (κ2) is 9.51. The highest BCUT2D eigenvalue weighted by Crippen LogP contribution is 2.29. The van der Waals surface area contributed by atoms with Crippen molar-refractivity contribution < 1.29 is 9.18 Å². The van der Waals surface area contributed by atoms with Gasteiger partial charge in [0, 0.05) is 49.0 Å². The second-order valence-electron chi connectivity index (χ2n) is 9.43. The lowest BCUT2D eigenvalue weighted by Crippen LogP contribution is -2.58. The van der Waals surface area contributed by atoms with Crippen LogP contribution in [0.25, 0.3) is 10.9 Å². The Morgan fingerprint density at radius 3 is 2.61 bits per heavy atom. The summed E-state index contributed by atoms with van der Waals surface area (Å²) in [7, 11) is 0. The van der Waals surface area contributed by atoms with E-state index < -0.39 is 0 Å². The van der Waals surface area contributed by atoms with Crippen LogP contribution in [0.1, 0.15) is 58.8 Å². The predicted molar refractivity (Wildman–Crippen MR) is 124 cm³/mol. The molecule has 1 unspecified atom stereocenters. The van der Waals surface area contributed by atoms with Gasteiger partial charge in [0.05, 0.1) is 11.6 Å². The number of fused-ring (bicyclic) bond motifs is 1. The van der Waals surface area contributed by atoms with Crippen LogP contribution in [0.3, 0.4) is 0 Å². The lowest BCUT2D eigenvalue weighted by molar-refractivity contribution is -0.129. The molecule has 1 amide bonds. The van der Waals surface area contributed by atoms with Gasteiger partial charge in [-0.25, -0.2) is 4.39 Å². The molecule has 168 valence electrons. The first-order valence-corrected chi connectivity index (χ1v) is 11.8. The molecule has 6 heteroatoms. The molecule has 4 rings (SSSR count). The van der Waals surface area contributed by atoms with Gasteiger partial charge in [-0.05, 0) is 50.5 Å². The molecule has 0 bridgehead atoms. The van der Waals surface area contributed by atoms with E-state index >= 15 is 0 Å². The molecule has 0 radical (unpaired) electrons. The van der Waals surface area contributed by atoms with Gasteiger partial charge in [0.25, 0.3) is 0 Å². The molecule has 31 heavy (non-hydrogen) atoms. The van der Waals surface area contributed by atoms with Gasteiger partial charge in [-0.15, -0.1) is 0 Å². The Kier molecular flexibility index (Phi) is 6.75. The number of halogens is 1. The van der Waals surface area contributed by atoms with Crippen LogP contribution in [0, 0.1) is 5.82 Å². The van der Waals surface area contributed by atoms with Crippen LogP contribution >= 0.6 is 0 Å². The van der Waals surface area contributed by atoms with Crippen molar-refractivity contribution in [3.05, 3.63) is 36.3 Å². The van der Waals surface area contributed by atoms with Crippen LogP contribution in [0.4, 0.5) is 10.1 Å². The van der Waals surface area contributed by atoms with Crippen molar-refractivity contribution >= 4 is 22.5 Å². The number of carbonyl (C=O) groups is 1. The largest absolute Gasteiger partial charge is 0.368 e. The molecule has 2 heterocycles. The number of carbonyl (C=O) groups excluding carboxylic acids is 1. The standard InChI is InChI=1S/C25H35FN4O/c1-3-7-23(24(31)28-25(2)11-5-4-6-12-25)30-16-14-29(15-17-30)22-10-13-27-21-9-8-19(26)18-20(21)22/h8-10,13,18,23H,3-7,11-12,14-17H2,1-2H3,(H,28,31). The summed E-state index contributed by atoms with van der Waals surface area (Å²) < 4.78 is 13.8. The summed E-state index contributed by atoms with van der Waals surface area (Å²) in [6, 6.07) is 6.66. The molecule has 1 atom stereocenters. The monoisotopic (exact) mass is 426 g/mol. The number of rotatable bonds is 6. The van der Waals surface area contributed by atoms with Crippen molar-refractivity contribution in [2.24, 2.45) is 0 Å². The Hall–Kier alpha value is -2.21. The maximum absolute atomic E-state index is 13.8. The highest BCUT2D eigenvalue weighted by Gasteiger charge is 2.34. The van der Waals surface area contributed by atoms with Crippen molar-refractivity contribution in [2.75, 3.05) is 31.1 Å². The molecule has 1 aliphatic heterocycles. The van der Waals surface area contributed by atoms with E-state index in [1.54, 1.807) is 18.3 Å². The van der Waals surface area contributed by atoms with E-state index in [4.69, 9.17) is 0 Å². The van der Waals surface area contributed by atoms with Crippen molar-refractivity contribution in [3.63, 3.8) is 0 Å². The molecule has 2 aliphatic rings. The lowest BCUT2D eigenvalue weighted by Gasteiger charge is -2.42. The first-order chi connectivity index (χ1) is 15.0. The number of benzene rings is 1. The average molecular weight is 427 g/mol. The fraction of sp³-hybridized carbons (Fsp3) is 0.600. The predicted octanol–water partition coefficient (Wildman–Crippen LogP) is 4.50. The smallest absolute Gasteiger partial charge is 0.237 e. The maximum Gasteiger partial charge on any atom is 0.237 e. The van der Waals surface area contributed by atoms with E-state index in [9.17, 15) is 9.18 Å². The zero-order chi connectivity index (χ0) is 21.8. The highest BCUT2D eigenvalue weighted by atomic mass is 19.1. The number of pyridine rings is 1. The number of hydrogen-bond acceptors (Lipinski definition) is 4. The zero-order valence-electron chi connectivity index (χ0n) is 18.9. The van der Waals surface area contributed by atoms with E-state index in [0.29, 0.717) is 0 Å². The van der Waals surface area contributed by atoms with Gasteiger partial charge in [0.2, 0.25) is 5.91 Å². The van der Waals surface area contributed by atoms with E-state index in [2.05, 4.69) is 33.9 Å². The van der Waals surface area contributed by atoms with Crippen molar-refractivity contribution in [2.45, 2.75) is 70.4 Å². The molecule has 1 saturated heterocycles. The fourth-order valence-electron chi connectivity index (χ4n) is 5.24. The summed E-state index contributed by atoms with van der Waals surface area (Å²) in [5, 5.41) is 4.26. The van der Waals surface area contributed by atoms with Crippen molar-refractivity contribution in [1.29, 1.82) is 0 Å². The summed E-state index contributed by atoms with van der Waals surface area (Å²) in [6.07, 6.45) is 9.50. The maximum atomic E-state index is 13.8. The number of nitrogens with zero attached hydrogens (tertiary/aromatic N) is 3. The molecule has 0 spiro atoms. The molecule has 1 aromatic carbocycles. The first kappa shape index (κ1) is 22.0. The van der Waals surface area contributed by atoms with Crippen LogP contribution in [0.5, 0.6) is 0 Å². The Balaban J connectivity index is 1.44. The minimum Gasteiger partial charge on any atom is -0.368 e. The SMILES string of the molecule is CCCC(C(=O)NC1(C)CCCCC1)N1CCN(c2ccnc3ccc(F)cc23)CC1. The summed E-state index contributed by atoms with van der Waals surface area (Å²) in [5.74, 6) is -0.0487. The number of nitrogens with one attached hydrogen (secondary N) is 1. The van der Waals surface area contributed by atoms with E-state index in [-0.39, 0.29) is 23.3 Å². The third-order valence-corrected chi connectivity index (χ3v) is 7.02. The summed E-state index contributed by atoms with van der Waals surface area (Å²) in [5.41, 5.74) is 1.78. The third kappa shape index (κ3) is 5.00. The van der Waals surface area contributed by atoms with Crippen LogP contribution in [-0.4, -0.2) is 53.6 Å². The van der Waals surface area contributed by atoms with Crippen LogP contribution in [-0.2, 0) is 4.79 Å². The van der Waals surface area contributed by atoms with Crippen LogP contribution in [0.15, 0.2) is 30.5 Å². The lowest BCUT2D eigenvalue weighted by atomic mass is 9.83. The van der Waals surface area contributed by atoms with Gasteiger partial charge >= 0.3 is 0 Å². The van der Waals surface area contributed by atoms with Crippen molar-refractivity contribution in [1.82, 2.24) is 15.2 Å². The molecule has 1 N–H and O–H groups in total. The minimum absolute atomic E-state index is 0.0524. The summed E-state index contributed by atoms with van der Waals surface area (Å²) in [4.78, 5) is 22.3. The van der Waals surface area contributed by atoms with E-state index in [1.807, 2.05) is 6.07 Å². The molecule has 2 fully saturated rings. The number of piperazine rings is 1. The molecule has 1 saturated carbocycles. The Bertz CT molecular complexity index is 904. The zero-order valence-corrected chi connectivity index (χ0v) is 18.9. The average Bonchev–Trinajstić information content (AvgIpc) is 2.77. The Morgan fingerprint density at radius 1 is 1.16 bits per heavy atom. The van der Waals surface area contributed by atoms with Gasteiger partial charge in [-0.3, -0.25) is 14.7 Å². The van der Waals surface area contributed by atoms with E-state index in [1.165, 1.54) is 25.3 Å². The topological polar surface area (TPSA) is 48.5 Å². The van der Waals surface area contributed by atoms with Gasteiger partial charge in [-0.2, -0.15) is 0 Å². The molecular weight excluding hydrogens is 391 g/mol. The second-order valence-corrected chi connectivity index (χ2v) is 9.43. The summed E-state index contributed by atoms with van der Waals surface area (Å²) >= 11 is 0. The van der Waals surface area contributed by atoms with Crippen LogP contribution < -0.4 is 10.2 Å². The van der Waals surface area contributed by atoms with Gasteiger partial charge in [0.1, 0.15) is 5.82 Å². The minimum atomic E-state index is -0.240. The van der Waals surface area contributed by atoms with Gasteiger partial charge in [0.15, 0.2) is 0 Å². The number of anilines is 1. The van der Waals surface area contributed by atoms with Crippen LogP contribution in [0.2, 0.25) is 0 Å². The Morgan fingerprint density at radius 2 is 1.90 bits per heavy atom. The number of hydrogen-bond donors (Lipinski definition) is 1. The molecule has 5 nitrogen and oxygen atoms in total. The quantitative estimate of drug-likeness (QED) is 0.739. The Labute approximate surface area is 185 Å². The number of aromatic nitrogens is 1. The van der Waals surface area contributed by atoms with Gasteiger partial charge in [-0.1, -0.05) is 32.6 Å². The fourth-order valence-corrected chi connectivity index (χ4v) is 5.24. The van der Waals surface area contributed by atoms with Crippen molar-refractivity contribution in [3.8, 4) is 0 Å². The molecule has 1 aromatic heterocycles.